The normalized spacial score (nSPS) is 17.1. The van der Waals surface area contributed by atoms with Crippen molar-refractivity contribution in [2.75, 3.05) is 13.7 Å². The second kappa shape index (κ2) is 10.4. The van der Waals surface area contributed by atoms with Crippen LogP contribution in [0.25, 0.3) is 5.76 Å². The molecule has 4 rings (SSSR count). The lowest BCUT2D eigenvalue weighted by Crippen LogP contribution is -2.29. The molecule has 3 aromatic rings. The molecular formula is C28H28N2O5. The number of aliphatic hydroxyl groups excluding tert-OH is 1. The van der Waals surface area contributed by atoms with Gasteiger partial charge in [-0.05, 0) is 65.6 Å². The Morgan fingerprint density at radius 1 is 0.971 bits per heavy atom. The van der Waals surface area contributed by atoms with Crippen LogP contribution in [0.3, 0.4) is 0 Å². The number of carbonyl (C=O) groups excluding carboxylic acids is 2. The minimum Gasteiger partial charge on any atom is -0.507 e. The van der Waals surface area contributed by atoms with Gasteiger partial charge < -0.3 is 19.5 Å². The van der Waals surface area contributed by atoms with Gasteiger partial charge in [0.05, 0.1) is 25.3 Å². The van der Waals surface area contributed by atoms with Crippen molar-refractivity contribution < 1.29 is 24.2 Å². The molecular weight excluding hydrogens is 444 g/mol. The SMILES string of the molecule is COc1ccc(C2/C(=C(\O)c3ccc(OCC(C)C)cc3)C(=O)C(=O)N2Cc2ccncc2)cc1. The molecule has 0 aliphatic carbocycles. The van der Waals surface area contributed by atoms with Gasteiger partial charge in [0, 0.05) is 24.5 Å². The summed E-state index contributed by atoms with van der Waals surface area (Å²) in [6.45, 7) is 4.89. The first-order valence-electron chi connectivity index (χ1n) is 11.4. The summed E-state index contributed by atoms with van der Waals surface area (Å²) >= 11 is 0. The number of aromatic nitrogens is 1. The van der Waals surface area contributed by atoms with Crippen LogP contribution in [0.2, 0.25) is 0 Å². The fourth-order valence-corrected chi connectivity index (χ4v) is 3.99. The summed E-state index contributed by atoms with van der Waals surface area (Å²) in [6.07, 6.45) is 3.27. The Balaban J connectivity index is 1.75. The molecule has 1 aliphatic heterocycles. The van der Waals surface area contributed by atoms with E-state index in [2.05, 4.69) is 18.8 Å². The average Bonchev–Trinajstić information content (AvgIpc) is 3.13. The molecule has 0 spiro atoms. The third-order valence-corrected chi connectivity index (χ3v) is 5.78. The molecule has 1 unspecified atom stereocenters. The number of ether oxygens (including phenoxy) is 2. The number of methoxy groups -OCH3 is 1. The number of hydrogen-bond acceptors (Lipinski definition) is 6. The lowest BCUT2D eigenvalue weighted by molar-refractivity contribution is -0.140. The van der Waals surface area contributed by atoms with Gasteiger partial charge >= 0.3 is 0 Å². The number of hydrogen-bond donors (Lipinski definition) is 1. The Morgan fingerprint density at radius 2 is 1.60 bits per heavy atom. The van der Waals surface area contributed by atoms with Crippen molar-refractivity contribution in [2.24, 2.45) is 5.92 Å². The number of pyridine rings is 1. The average molecular weight is 473 g/mol. The van der Waals surface area contributed by atoms with E-state index in [1.54, 1.807) is 80.2 Å². The predicted molar refractivity (Wildman–Crippen MR) is 132 cm³/mol. The zero-order chi connectivity index (χ0) is 24.9. The van der Waals surface area contributed by atoms with Crippen molar-refractivity contribution in [2.45, 2.75) is 26.4 Å². The summed E-state index contributed by atoms with van der Waals surface area (Å²) in [4.78, 5) is 31.8. The predicted octanol–water partition coefficient (Wildman–Crippen LogP) is 4.75. The number of benzene rings is 2. The maximum absolute atomic E-state index is 13.2. The fraction of sp³-hybridized carbons (Fsp3) is 0.250. The fourth-order valence-electron chi connectivity index (χ4n) is 3.99. The van der Waals surface area contributed by atoms with Gasteiger partial charge in [0.2, 0.25) is 0 Å². The Morgan fingerprint density at radius 3 is 2.20 bits per heavy atom. The van der Waals surface area contributed by atoms with Crippen LogP contribution in [0.5, 0.6) is 11.5 Å². The Bertz CT molecular complexity index is 1220. The first kappa shape index (κ1) is 24.0. The summed E-state index contributed by atoms with van der Waals surface area (Å²) in [5, 5.41) is 11.2. The highest BCUT2D eigenvalue weighted by molar-refractivity contribution is 6.46. The van der Waals surface area contributed by atoms with Crippen LogP contribution in [0, 0.1) is 5.92 Å². The molecule has 35 heavy (non-hydrogen) atoms. The second-order valence-corrected chi connectivity index (χ2v) is 8.78. The van der Waals surface area contributed by atoms with Gasteiger partial charge in [-0.25, -0.2) is 0 Å². The Kier molecular flexibility index (Phi) is 7.15. The summed E-state index contributed by atoms with van der Waals surface area (Å²) in [7, 11) is 1.57. The lowest BCUT2D eigenvalue weighted by Gasteiger charge is -2.25. The molecule has 1 aliphatic rings. The molecule has 180 valence electrons. The van der Waals surface area contributed by atoms with E-state index in [0.717, 1.165) is 5.56 Å². The molecule has 1 amide bonds. The number of carbonyl (C=O) groups is 2. The molecule has 1 aromatic heterocycles. The van der Waals surface area contributed by atoms with Gasteiger partial charge in [-0.2, -0.15) is 0 Å². The minimum atomic E-state index is -0.758. The van der Waals surface area contributed by atoms with Gasteiger partial charge in [-0.15, -0.1) is 0 Å². The molecule has 0 bridgehead atoms. The van der Waals surface area contributed by atoms with Crippen LogP contribution in [-0.2, 0) is 16.1 Å². The van der Waals surface area contributed by atoms with Crippen molar-refractivity contribution in [1.82, 2.24) is 9.88 Å². The standard InChI is InChI=1S/C28H28N2O5/c1-18(2)17-35-23-10-6-21(7-11-23)26(31)24-25(20-4-8-22(34-3)9-5-20)30(28(33)27(24)32)16-19-12-14-29-15-13-19/h4-15,18,25,31H,16-17H2,1-3H3/b26-24+. The van der Waals surface area contributed by atoms with E-state index >= 15 is 0 Å². The van der Waals surface area contributed by atoms with E-state index in [4.69, 9.17) is 9.47 Å². The third-order valence-electron chi connectivity index (χ3n) is 5.78. The monoisotopic (exact) mass is 472 g/mol. The zero-order valence-corrected chi connectivity index (χ0v) is 20.0. The zero-order valence-electron chi connectivity index (χ0n) is 20.0. The summed E-state index contributed by atoms with van der Waals surface area (Å²) in [6, 6.07) is 16.8. The highest BCUT2D eigenvalue weighted by atomic mass is 16.5. The maximum atomic E-state index is 13.2. The molecule has 1 fully saturated rings. The number of nitrogens with zero attached hydrogens (tertiary/aromatic N) is 2. The van der Waals surface area contributed by atoms with Crippen molar-refractivity contribution in [3.8, 4) is 11.5 Å². The molecule has 1 atom stereocenters. The maximum Gasteiger partial charge on any atom is 0.295 e. The molecule has 2 heterocycles. The largest absolute Gasteiger partial charge is 0.507 e. The van der Waals surface area contributed by atoms with Crippen LogP contribution in [0.15, 0.2) is 78.6 Å². The van der Waals surface area contributed by atoms with Crippen molar-refractivity contribution in [3.63, 3.8) is 0 Å². The molecule has 1 saturated heterocycles. The molecule has 0 saturated carbocycles. The third kappa shape index (κ3) is 5.19. The Labute approximate surface area is 204 Å². The van der Waals surface area contributed by atoms with E-state index in [1.165, 1.54) is 4.90 Å². The second-order valence-electron chi connectivity index (χ2n) is 8.78. The summed E-state index contributed by atoms with van der Waals surface area (Å²) in [5.41, 5.74) is 2.00. The number of Topliss-reactive ketones (excluding diaryl/α,β-unsaturated/α-hetero) is 1. The number of rotatable bonds is 8. The van der Waals surface area contributed by atoms with E-state index in [1.807, 2.05) is 0 Å². The number of amides is 1. The molecule has 1 N–H and O–H groups in total. The molecule has 7 heteroatoms. The van der Waals surface area contributed by atoms with Gasteiger partial charge in [-0.1, -0.05) is 26.0 Å². The topological polar surface area (TPSA) is 89.0 Å². The first-order valence-corrected chi connectivity index (χ1v) is 11.4. The quantitative estimate of drug-likeness (QED) is 0.289. The van der Waals surface area contributed by atoms with Gasteiger partial charge in [-0.3, -0.25) is 14.6 Å². The van der Waals surface area contributed by atoms with Crippen LogP contribution >= 0.6 is 0 Å². The van der Waals surface area contributed by atoms with Gasteiger partial charge in [0.1, 0.15) is 17.3 Å². The van der Waals surface area contributed by atoms with E-state index in [0.29, 0.717) is 35.2 Å². The lowest BCUT2D eigenvalue weighted by atomic mass is 9.95. The highest BCUT2D eigenvalue weighted by Crippen LogP contribution is 2.40. The van der Waals surface area contributed by atoms with E-state index in [-0.39, 0.29) is 17.9 Å². The van der Waals surface area contributed by atoms with Crippen LogP contribution in [0.1, 0.15) is 36.6 Å². The molecule has 0 radical (unpaired) electrons. The molecule has 2 aromatic carbocycles. The van der Waals surface area contributed by atoms with E-state index < -0.39 is 17.7 Å². The smallest absolute Gasteiger partial charge is 0.295 e. The van der Waals surface area contributed by atoms with Crippen LogP contribution < -0.4 is 9.47 Å². The van der Waals surface area contributed by atoms with Gasteiger partial charge in [0.25, 0.3) is 11.7 Å². The van der Waals surface area contributed by atoms with E-state index in [9.17, 15) is 14.7 Å². The van der Waals surface area contributed by atoms with Crippen LogP contribution in [-0.4, -0.2) is 40.4 Å². The summed E-state index contributed by atoms with van der Waals surface area (Å²) < 4.78 is 11.0. The Hall–Kier alpha value is -4.13. The molecule has 7 nitrogen and oxygen atoms in total. The van der Waals surface area contributed by atoms with Crippen molar-refractivity contribution in [1.29, 1.82) is 0 Å². The minimum absolute atomic E-state index is 0.0464. The number of likely N-dealkylation sites (tertiary alicyclic amines) is 1. The van der Waals surface area contributed by atoms with Crippen molar-refractivity contribution in [3.05, 3.63) is 95.3 Å². The van der Waals surface area contributed by atoms with Crippen LogP contribution in [0.4, 0.5) is 0 Å². The number of ketones is 1. The number of aliphatic hydroxyl groups is 1. The van der Waals surface area contributed by atoms with Gasteiger partial charge in [0.15, 0.2) is 0 Å². The van der Waals surface area contributed by atoms with Crippen molar-refractivity contribution >= 4 is 17.4 Å². The highest BCUT2D eigenvalue weighted by Gasteiger charge is 2.46. The first-order chi connectivity index (χ1) is 16.9. The summed E-state index contributed by atoms with van der Waals surface area (Å²) in [5.74, 6) is 0.0799.